The molecule has 1 aliphatic rings. The lowest BCUT2D eigenvalue weighted by molar-refractivity contribution is 0.00691. The third kappa shape index (κ3) is 4.36. The Bertz CT molecular complexity index is 593. The van der Waals surface area contributed by atoms with E-state index in [1.807, 2.05) is 27.7 Å². The van der Waals surface area contributed by atoms with Gasteiger partial charge in [-0.3, -0.25) is 0 Å². The monoisotopic (exact) mass is 319 g/mol. The molecule has 2 heterocycles. The second-order valence-corrected chi connectivity index (χ2v) is 8.22. The number of anilines is 2. The molecule has 1 aromatic heterocycles. The van der Waals surface area contributed by atoms with E-state index in [9.17, 15) is 4.79 Å². The average Bonchev–Trinajstić information content (AvgIpc) is 2.35. The number of nitrogens with two attached hydrogens (primary N) is 1. The van der Waals surface area contributed by atoms with Gasteiger partial charge in [-0.05, 0) is 57.6 Å². The summed E-state index contributed by atoms with van der Waals surface area (Å²) >= 11 is 0. The molecule has 1 saturated heterocycles. The van der Waals surface area contributed by atoms with Crippen LogP contribution in [-0.2, 0) is 4.74 Å². The van der Waals surface area contributed by atoms with Crippen LogP contribution in [0.15, 0.2) is 6.07 Å². The van der Waals surface area contributed by atoms with E-state index >= 15 is 0 Å². The Hall–Kier alpha value is -1.78. The molecule has 5 heteroatoms. The van der Waals surface area contributed by atoms with Crippen LogP contribution in [0.5, 0.6) is 0 Å². The number of carbonyl (C=O) groups excluding carboxylic acids is 1. The molecule has 5 nitrogen and oxygen atoms in total. The largest absolute Gasteiger partial charge is 0.456 e. The summed E-state index contributed by atoms with van der Waals surface area (Å²) in [6.07, 6.45) is 2.13. The minimum absolute atomic E-state index is 0.331. The van der Waals surface area contributed by atoms with Crippen molar-refractivity contribution >= 4 is 17.6 Å². The van der Waals surface area contributed by atoms with E-state index in [0.29, 0.717) is 22.6 Å². The molecule has 1 aliphatic heterocycles. The molecule has 0 amide bonds. The van der Waals surface area contributed by atoms with Crippen LogP contribution in [0.3, 0.4) is 0 Å². The maximum atomic E-state index is 12.7. The summed E-state index contributed by atoms with van der Waals surface area (Å²) in [4.78, 5) is 19.3. The molecule has 0 bridgehead atoms. The van der Waals surface area contributed by atoms with Gasteiger partial charge in [0.25, 0.3) is 0 Å². The summed E-state index contributed by atoms with van der Waals surface area (Å²) in [7, 11) is 0. The smallest absolute Gasteiger partial charge is 0.342 e. The van der Waals surface area contributed by atoms with Crippen LogP contribution in [0.4, 0.5) is 11.6 Å². The molecule has 0 saturated carbocycles. The molecule has 0 atom stereocenters. The van der Waals surface area contributed by atoms with Crippen LogP contribution in [0, 0.1) is 12.3 Å². The van der Waals surface area contributed by atoms with E-state index in [2.05, 4.69) is 23.7 Å². The number of hydrogen-bond donors (Lipinski definition) is 1. The van der Waals surface area contributed by atoms with E-state index in [0.717, 1.165) is 31.5 Å². The maximum Gasteiger partial charge on any atom is 0.342 e. The van der Waals surface area contributed by atoms with Crippen molar-refractivity contribution in [3.63, 3.8) is 0 Å². The Labute approximate surface area is 139 Å². The van der Waals surface area contributed by atoms with Gasteiger partial charge < -0.3 is 15.4 Å². The van der Waals surface area contributed by atoms with E-state index in [1.165, 1.54) is 0 Å². The predicted molar refractivity (Wildman–Crippen MR) is 93.8 cm³/mol. The van der Waals surface area contributed by atoms with Crippen LogP contribution in [0.2, 0.25) is 0 Å². The Morgan fingerprint density at radius 3 is 2.39 bits per heavy atom. The summed E-state index contributed by atoms with van der Waals surface area (Å²) in [6, 6.07) is 1.73. The zero-order chi connectivity index (χ0) is 17.4. The molecular formula is C18H29N3O2. The van der Waals surface area contributed by atoms with Crippen LogP contribution >= 0.6 is 0 Å². The second-order valence-electron chi connectivity index (χ2n) is 8.22. The first-order valence-electron chi connectivity index (χ1n) is 8.24. The number of nitrogens with zero attached hydrogens (tertiary/aromatic N) is 2. The summed E-state index contributed by atoms with van der Waals surface area (Å²) in [5.41, 5.74) is 7.07. The van der Waals surface area contributed by atoms with Gasteiger partial charge in [-0.2, -0.15) is 0 Å². The zero-order valence-electron chi connectivity index (χ0n) is 15.2. The topological polar surface area (TPSA) is 68.5 Å². The fraction of sp³-hybridized carbons (Fsp3) is 0.667. The van der Waals surface area contributed by atoms with Gasteiger partial charge in [0.15, 0.2) is 0 Å². The average molecular weight is 319 g/mol. The van der Waals surface area contributed by atoms with Crippen molar-refractivity contribution in [2.45, 2.75) is 60.0 Å². The van der Waals surface area contributed by atoms with E-state index < -0.39 is 5.60 Å². The molecule has 0 spiro atoms. The van der Waals surface area contributed by atoms with Crippen LogP contribution in [-0.4, -0.2) is 29.6 Å². The Morgan fingerprint density at radius 2 is 1.87 bits per heavy atom. The number of aryl methyl sites for hydroxylation is 1. The quantitative estimate of drug-likeness (QED) is 0.844. The zero-order valence-corrected chi connectivity index (χ0v) is 15.2. The molecule has 0 unspecified atom stereocenters. The Morgan fingerprint density at radius 1 is 1.30 bits per heavy atom. The van der Waals surface area contributed by atoms with Crippen LogP contribution in [0.1, 0.15) is 63.4 Å². The number of piperidine rings is 1. The van der Waals surface area contributed by atoms with Gasteiger partial charge in [-0.25, -0.2) is 9.78 Å². The lowest BCUT2D eigenvalue weighted by Crippen LogP contribution is -2.39. The second kappa shape index (κ2) is 6.02. The van der Waals surface area contributed by atoms with Gasteiger partial charge in [-0.15, -0.1) is 0 Å². The van der Waals surface area contributed by atoms with Gasteiger partial charge in [0, 0.05) is 13.1 Å². The standard InChI is InChI=1S/C18H29N3O2/c1-12-11-13(19)20-15(14(12)16(22)23-17(2,3)4)21-9-7-18(5,6)8-10-21/h11H,7-10H2,1-6H3,(H2,19,20). The molecular weight excluding hydrogens is 290 g/mol. The summed E-state index contributed by atoms with van der Waals surface area (Å²) in [6.45, 7) is 13.8. The first kappa shape index (κ1) is 17.6. The van der Waals surface area contributed by atoms with Crippen molar-refractivity contribution in [3.05, 3.63) is 17.2 Å². The normalized spacial score (nSPS) is 17.9. The first-order valence-corrected chi connectivity index (χ1v) is 8.24. The van der Waals surface area contributed by atoms with Crippen molar-refractivity contribution in [2.75, 3.05) is 23.7 Å². The number of esters is 1. The number of nitrogen functional groups attached to an aromatic ring is 1. The first-order chi connectivity index (χ1) is 10.5. The van der Waals surface area contributed by atoms with Crippen molar-refractivity contribution in [1.82, 2.24) is 4.98 Å². The fourth-order valence-electron chi connectivity index (χ4n) is 2.81. The van der Waals surface area contributed by atoms with E-state index in [4.69, 9.17) is 10.5 Å². The fourth-order valence-corrected chi connectivity index (χ4v) is 2.81. The third-order valence-corrected chi connectivity index (χ3v) is 4.24. The molecule has 128 valence electrons. The Kier molecular flexibility index (Phi) is 4.60. The molecule has 1 aromatic rings. The van der Waals surface area contributed by atoms with Crippen molar-refractivity contribution in [3.8, 4) is 0 Å². The third-order valence-electron chi connectivity index (χ3n) is 4.24. The van der Waals surface area contributed by atoms with Gasteiger partial charge in [-0.1, -0.05) is 13.8 Å². The maximum absolute atomic E-state index is 12.7. The highest BCUT2D eigenvalue weighted by Gasteiger charge is 2.30. The van der Waals surface area contributed by atoms with Crippen molar-refractivity contribution in [2.24, 2.45) is 5.41 Å². The number of carbonyl (C=O) groups is 1. The number of rotatable bonds is 2. The molecule has 0 aliphatic carbocycles. The van der Waals surface area contributed by atoms with E-state index in [-0.39, 0.29) is 5.97 Å². The van der Waals surface area contributed by atoms with Crippen LogP contribution < -0.4 is 10.6 Å². The Balaban J connectivity index is 2.37. The number of aromatic nitrogens is 1. The number of hydrogen-bond acceptors (Lipinski definition) is 5. The SMILES string of the molecule is Cc1cc(N)nc(N2CCC(C)(C)CC2)c1C(=O)OC(C)(C)C. The van der Waals surface area contributed by atoms with Gasteiger partial charge in [0.05, 0.1) is 0 Å². The lowest BCUT2D eigenvalue weighted by atomic mass is 9.82. The minimum atomic E-state index is -0.536. The number of pyridine rings is 1. The summed E-state index contributed by atoms with van der Waals surface area (Å²) < 4.78 is 5.57. The van der Waals surface area contributed by atoms with Crippen LogP contribution in [0.25, 0.3) is 0 Å². The molecule has 23 heavy (non-hydrogen) atoms. The van der Waals surface area contributed by atoms with Gasteiger partial charge >= 0.3 is 5.97 Å². The number of ether oxygens (including phenoxy) is 1. The molecule has 0 aromatic carbocycles. The van der Waals surface area contributed by atoms with Gasteiger partial charge in [0.2, 0.25) is 0 Å². The highest BCUT2D eigenvalue weighted by Crippen LogP contribution is 2.34. The molecule has 1 fully saturated rings. The van der Waals surface area contributed by atoms with Crippen molar-refractivity contribution < 1.29 is 9.53 Å². The molecule has 2 N–H and O–H groups in total. The summed E-state index contributed by atoms with van der Waals surface area (Å²) in [5.74, 6) is 0.768. The van der Waals surface area contributed by atoms with Gasteiger partial charge in [0.1, 0.15) is 22.8 Å². The van der Waals surface area contributed by atoms with Crippen molar-refractivity contribution in [1.29, 1.82) is 0 Å². The summed E-state index contributed by atoms with van der Waals surface area (Å²) in [5, 5.41) is 0. The van der Waals surface area contributed by atoms with E-state index in [1.54, 1.807) is 6.07 Å². The highest BCUT2D eigenvalue weighted by atomic mass is 16.6. The lowest BCUT2D eigenvalue weighted by Gasteiger charge is -2.38. The molecule has 0 radical (unpaired) electrons. The predicted octanol–water partition coefficient (Wildman–Crippen LogP) is 3.55. The minimum Gasteiger partial charge on any atom is -0.456 e. The molecule has 2 rings (SSSR count). The highest BCUT2D eigenvalue weighted by molar-refractivity contribution is 5.97.